The molecule has 22 heavy (non-hydrogen) atoms. The van der Waals surface area contributed by atoms with E-state index in [1.165, 1.54) is 12.1 Å². The number of ether oxygens (including phenoxy) is 1. The summed E-state index contributed by atoms with van der Waals surface area (Å²) in [7, 11) is 0. The molecule has 1 atom stereocenters. The van der Waals surface area contributed by atoms with Gasteiger partial charge in [-0.05, 0) is 22.4 Å². The van der Waals surface area contributed by atoms with Crippen LogP contribution in [0.4, 0.5) is 11.4 Å². The molecule has 0 fully saturated rings. The first-order chi connectivity index (χ1) is 10.5. The maximum atomic E-state index is 11.1. The molecule has 7 nitrogen and oxygen atoms in total. The lowest BCUT2D eigenvalue weighted by Crippen LogP contribution is -2.23. The highest BCUT2D eigenvalue weighted by molar-refractivity contribution is 9.10. The number of unbranched alkanes of at least 4 members (excludes halogenated alkanes) is 2. The molecule has 1 unspecified atom stereocenters. The van der Waals surface area contributed by atoms with E-state index in [1.807, 2.05) is 0 Å². The highest BCUT2D eigenvalue weighted by Crippen LogP contribution is 2.36. The lowest BCUT2D eigenvalue weighted by Gasteiger charge is -2.13. The molecule has 0 aliphatic heterocycles. The number of nitrogens with one attached hydrogen (secondary N) is 1. The Hall–Kier alpha value is -1.38. The lowest BCUT2D eigenvalue weighted by molar-refractivity contribution is -0.384. The predicted octanol–water partition coefficient (Wildman–Crippen LogP) is 2.69. The van der Waals surface area contributed by atoms with Crippen molar-refractivity contribution in [3.05, 3.63) is 26.7 Å². The fourth-order valence-electron chi connectivity index (χ4n) is 1.77. The standard InChI is InChI=1S/C14H21BrN2O5/c1-2-3-4-5-22-14-7-12(16-8-10(19)9-18)13(17(20)21)6-11(14)15/h6-7,10,16,18-19H,2-5,8-9H2,1H3. The highest BCUT2D eigenvalue weighted by atomic mass is 79.9. The summed E-state index contributed by atoms with van der Waals surface area (Å²) in [6, 6.07) is 2.89. The monoisotopic (exact) mass is 376 g/mol. The molecule has 0 aromatic heterocycles. The van der Waals surface area contributed by atoms with E-state index in [0.29, 0.717) is 16.8 Å². The van der Waals surface area contributed by atoms with Gasteiger partial charge in [-0.3, -0.25) is 10.1 Å². The summed E-state index contributed by atoms with van der Waals surface area (Å²) < 4.78 is 6.13. The summed E-state index contributed by atoms with van der Waals surface area (Å²) in [5.74, 6) is 0.502. The molecule has 1 aromatic carbocycles. The first kappa shape index (κ1) is 18.7. The summed E-state index contributed by atoms with van der Waals surface area (Å²) in [5.41, 5.74) is 0.115. The Balaban J connectivity index is 2.87. The number of aliphatic hydroxyl groups excluding tert-OH is 2. The number of nitro groups is 1. The molecule has 0 aliphatic rings. The van der Waals surface area contributed by atoms with E-state index in [9.17, 15) is 15.2 Å². The quantitative estimate of drug-likeness (QED) is 0.329. The van der Waals surface area contributed by atoms with E-state index in [0.717, 1.165) is 19.3 Å². The predicted molar refractivity (Wildman–Crippen MR) is 87.4 cm³/mol. The molecule has 124 valence electrons. The van der Waals surface area contributed by atoms with E-state index in [2.05, 4.69) is 28.2 Å². The molecule has 3 N–H and O–H groups in total. The van der Waals surface area contributed by atoms with Crippen LogP contribution in [0.15, 0.2) is 16.6 Å². The number of aliphatic hydroxyl groups is 2. The second kappa shape index (κ2) is 9.60. The Morgan fingerprint density at radius 1 is 1.45 bits per heavy atom. The summed E-state index contributed by atoms with van der Waals surface area (Å²) in [5, 5.41) is 32.0. The van der Waals surface area contributed by atoms with Gasteiger partial charge in [-0.1, -0.05) is 19.8 Å². The van der Waals surface area contributed by atoms with Crippen LogP contribution >= 0.6 is 15.9 Å². The van der Waals surface area contributed by atoms with Gasteiger partial charge in [0.25, 0.3) is 5.69 Å². The molecule has 0 spiro atoms. The SMILES string of the molecule is CCCCCOc1cc(NCC(O)CO)c([N+](=O)[O-])cc1Br. The second-order valence-corrected chi connectivity index (χ2v) is 5.68. The number of benzene rings is 1. The van der Waals surface area contributed by atoms with Crippen LogP contribution in [-0.4, -0.2) is 41.0 Å². The van der Waals surface area contributed by atoms with E-state index in [4.69, 9.17) is 9.84 Å². The number of hydrogen-bond acceptors (Lipinski definition) is 6. The number of rotatable bonds is 10. The third-order valence-corrected chi connectivity index (χ3v) is 3.61. The van der Waals surface area contributed by atoms with Crippen LogP contribution in [0.3, 0.4) is 0 Å². The van der Waals surface area contributed by atoms with Crippen molar-refractivity contribution in [3.63, 3.8) is 0 Å². The molecule has 0 saturated heterocycles. The Morgan fingerprint density at radius 2 is 2.18 bits per heavy atom. The van der Waals surface area contributed by atoms with Crippen molar-refractivity contribution in [2.45, 2.75) is 32.3 Å². The van der Waals surface area contributed by atoms with Crippen molar-refractivity contribution in [3.8, 4) is 5.75 Å². The fraction of sp³-hybridized carbons (Fsp3) is 0.571. The molecule has 0 bridgehead atoms. The maximum absolute atomic E-state index is 11.1. The fourth-order valence-corrected chi connectivity index (χ4v) is 2.22. The molecule has 1 aromatic rings. The van der Waals surface area contributed by atoms with Crippen LogP contribution in [0, 0.1) is 10.1 Å². The molecule has 0 saturated carbocycles. The largest absolute Gasteiger partial charge is 0.492 e. The molecular formula is C14H21BrN2O5. The van der Waals surface area contributed by atoms with Gasteiger partial charge < -0.3 is 20.3 Å². The van der Waals surface area contributed by atoms with Crippen LogP contribution in [-0.2, 0) is 0 Å². The zero-order valence-electron chi connectivity index (χ0n) is 12.4. The van der Waals surface area contributed by atoms with E-state index < -0.39 is 17.6 Å². The van der Waals surface area contributed by atoms with Gasteiger partial charge in [-0.15, -0.1) is 0 Å². The molecule has 0 heterocycles. The molecule has 0 radical (unpaired) electrons. The number of nitro benzene ring substituents is 1. The second-order valence-electron chi connectivity index (χ2n) is 4.83. The van der Waals surface area contributed by atoms with Crippen LogP contribution in [0.2, 0.25) is 0 Å². The average molecular weight is 377 g/mol. The highest BCUT2D eigenvalue weighted by Gasteiger charge is 2.18. The van der Waals surface area contributed by atoms with Crippen molar-refractivity contribution < 1.29 is 19.9 Å². The normalized spacial score (nSPS) is 12.0. The first-order valence-electron chi connectivity index (χ1n) is 7.13. The zero-order chi connectivity index (χ0) is 16.5. The van der Waals surface area contributed by atoms with Gasteiger partial charge in [-0.25, -0.2) is 0 Å². The zero-order valence-corrected chi connectivity index (χ0v) is 14.0. The minimum atomic E-state index is -0.989. The van der Waals surface area contributed by atoms with E-state index in [1.54, 1.807) is 0 Å². The smallest absolute Gasteiger partial charge is 0.293 e. The van der Waals surface area contributed by atoms with Crippen molar-refractivity contribution in [1.82, 2.24) is 0 Å². The molecule has 8 heteroatoms. The summed E-state index contributed by atoms with van der Waals surface area (Å²) in [4.78, 5) is 10.6. The number of halogens is 1. The van der Waals surface area contributed by atoms with Crippen LogP contribution < -0.4 is 10.1 Å². The Bertz CT molecular complexity index is 498. The summed E-state index contributed by atoms with van der Waals surface area (Å²) in [6.45, 7) is 2.21. The molecule has 0 aliphatic carbocycles. The Morgan fingerprint density at radius 3 is 2.77 bits per heavy atom. The minimum absolute atomic E-state index is 0.00818. The molecular weight excluding hydrogens is 356 g/mol. The summed E-state index contributed by atoms with van der Waals surface area (Å²) >= 11 is 3.27. The van der Waals surface area contributed by atoms with E-state index >= 15 is 0 Å². The van der Waals surface area contributed by atoms with Gasteiger partial charge >= 0.3 is 0 Å². The molecule has 1 rings (SSSR count). The van der Waals surface area contributed by atoms with Crippen molar-refractivity contribution in [1.29, 1.82) is 0 Å². The van der Waals surface area contributed by atoms with E-state index in [-0.39, 0.29) is 17.9 Å². The van der Waals surface area contributed by atoms with Crippen molar-refractivity contribution >= 4 is 27.3 Å². The van der Waals surface area contributed by atoms with Crippen molar-refractivity contribution in [2.24, 2.45) is 0 Å². The lowest BCUT2D eigenvalue weighted by atomic mass is 10.2. The van der Waals surface area contributed by atoms with Crippen LogP contribution in [0.1, 0.15) is 26.2 Å². The topological polar surface area (TPSA) is 105 Å². The van der Waals surface area contributed by atoms with Gasteiger partial charge in [0.05, 0.1) is 28.7 Å². The third kappa shape index (κ3) is 5.78. The van der Waals surface area contributed by atoms with Gasteiger partial charge in [0.2, 0.25) is 0 Å². The third-order valence-electron chi connectivity index (χ3n) is 2.99. The van der Waals surface area contributed by atoms with Crippen LogP contribution in [0.5, 0.6) is 5.75 Å². The maximum Gasteiger partial charge on any atom is 0.293 e. The number of nitrogens with zero attached hydrogens (tertiary/aromatic N) is 1. The summed E-state index contributed by atoms with van der Waals surface area (Å²) in [6.07, 6.45) is 2.05. The number of anilines is 1. The Kier molecular flexibility index (Phi) is 8.15. The number of hydrogen-bond donors (Lipinski definition) is 3. The molecule has 0 amide bonds. The first-order valence-corrected chi connectivity index (χ1v) is 7.92. The minimum Gasteiger partial charge on any atom is -0.492 e. The Labute approximate surface area is 137 Å². The van der Waals surface area contributed by atoms with Gasteiger partial charge in [0, 0.05) is 18.7 Å². The van der Waals surface area contributed by atoms with Gasteiger partial charge in [-0.2, -0.15) is 0 Å². The average Bonchev–Trinajstić information content (AvgIpc) is 2.50. The van der Waals surface area contributed by atoms with Gasteiger partial charge in [0.15, 0.2) is 0 Å². The van der Waals surface area contributed by atoms with Crippen molar-refractivity contribution in [2.75, 3.05) is 25.1 Å². The van der Waals surface area contributed by atoms with Gasteiger partial charge in [0.1, 0.15) is 11.4 Å². The van der Waals surface area contributed by atoms with Crippen LogP contribution in [0.25, 0.3) is 0 Å².